The predicted molar refractivity (Wildman–Crippen MR) is 85.8 cm³/mol. The summed E-state index contributed by atoms with van der Waals surface area (Å²) < 4.78 is 67.0. The van der Waals surface area contributed by atoms with E-state index in [-0.39, 0.29) is 12.5 Å². The van der Waals surface area contributed by atoms with Crippen molar-refractivity contribution in [3.63, 3.8) is 0 Å². The summed E-state index contributed by atoms with van der Waals surface area (Å²) in [5.41, 5.74) is 10.9. The average Bonchev–Trinajstić information content (AvgIpc) is 2.50. The lowest BCUT2D eigenvalue weighted by atomic mass is 10.0. The van der Waals surface area contributed by atoms with Crippen LogP contribution in [0.1, 0.15) is 20.3 Å². The zero-order valence-corrected chi connectivity index (χ0v) is 15.0. The van der Waals surface area contributed by atoms with Crippen molar-refractivity contribution in [2.24, 2.45) is 17.4 Å². The minimum absolute atomic E-state index is 0.208. The van der Waals surface area contributed by atoms with Gasteiger partial charge in [-0.25, -0.2) is 4.79 Å². The van der Waals surface area contributed by atoms with Gasteiger partial charge < -0.3 is 21.9 Å². The lowest BCUT2D eigenvalue weighted by molar-refractivity contribution is -0.193. The fourth-order valence-electron chi connectivity index (χ4n) is 1.34. The number of thiocarbonyl (C=S) groups is 1. The van der Waals surface area contributed by atoms with E-state index in [0.717, 1.165) is 0 Å². The van der Waals surface area contributed by atoms with Crippen LogP contribution in [-0.4, -0.2) is 58.6 Å². The molecule has 0 unspecified atom stereocenters. The number of nitrogens with two attached hydrogens (primary N) is 2. The Morgan fingerprint density at radius 3 is 1.63 bits per heavy atom. The molecule has 0 aromatic heterocycles. The largest absolute Gasteiger partial charge is 0.480 e. The van der Waals surface area contributed by atoms with Crippen molar-refractivity contribution in [3.05, 3.63) is 0 Å². The average molecular weight is 427 g/mol. The van der Waals surface area contributed by atoms with Crippen molar-refractivity contribution in [2.75, 3.05) is 6.54 Å². The van der Waals surface area contributed by atoms with Gasteiger partial charge in [-0.3, -0.25) is 9.59 Å². The summed E-state index contributed by atoms with van der Waals surface area (Å²) in [6, 6.07) is -1.16. The van der Waals surface area contributed by atoms with E-state index in [1.807, 2.05) is 13.8 Å². The van der Waals surface area contributed by atoms with Crippen molar-refractivity contribution in [1.29, 1.82) is 0 Å². The van der Waals surface area contributed by atoms with Gasteiger partial charge in [-0.15, -0.1) is 0 Å². The third-order valence-electron chi connectivity index (χ3n) is 2.63. The highest BCUT2D eigenvalue weighted by molar-refractivity contribution is 7.80. The second-order valence-electron chi connectivity index (χ2n) is 5.52. The Labute approximate surface area is 155 Å². The summed E-state index contributed by atoms with van der Waals surface area (Å²) in [5.74, 6) is -7.46. The molecular formula is C13H19F6N3O4S. The number of aliphatic carboxylic acids is 1. The van der Waals surface area contributed by atoms with Crippen LogP contribution in [0, 0.1) is 5.92 Å². The van der Waals surface area contributed by atoms with E-state index in [4.69, 9.17) is 28.8 Å². The first-order valence-corrected chi connectivity index (χ1v) is 7.57. The number of alkyl halides is 6. The van der Waals surface area contributed by atoms with Crippen LogP contribution >= 0.6 is 12.2 Å². The van der Waals surface area contributed by atoms with Gasteiger partial charge in [0, 0.05) is 6.54 Å². The summed E-state index contributed by atoms with van der Waals surface area (Å²) in [6.07, 6.45) is -11.0. The Morgan fingerprint density at radius 1 is 1.04 bits per heavy atom. The SMILES string of the molecule is CC(C)C[C@H](NC(=S)[C@@H](N)CN)C(=O)O.O=C(C(=O)C(F)(F)F)C(F)(F)F. The number of rotatable bonds is 7. The molecule has 27 heavy (non-hydrogen) atoms. The van der Waals surface area contributed by atoms with E-state index in [1.54, 1.807) is 0 Å². The van der Waals surface area contributed by atoms with E-state index in [0.29, 0.717) is 11.4 Å². The number of halogens is 6. The van der Waals surface area contributed by atoms with Gasteiger partial charge in [0.25, 0.3) is 0 Å². The van der Waals surface area contributed by atoms with E-state index in [1.165, 1.54) is 0 Å². The first-order valence-electron chi connectivity index (χ1n) is 7.16. The van der Waals surface area contributed by atoms with Gasteiger partial charge in [-0.05, 0) is 12.3 Å². The van der Waals surface area contributed by atoms with Gasteiger partial charge in [0.1, 0.15) is 6.04 Å². The minimum atomic E-state index is -5.77. The Hall–Kier alpha value is -1.80. The van der Waals surface area contributed by atoms with Crippen molar-refractivity contribution in [2.45, 2.75) is 44.7 Å². The van der Waals surface area contributed by atoms with Crippen molar-refractivity contribution in [3.8, 4) is 0 Å². The van der Waals surface area contributed by atoms with Crippen molar-refractivity contribution >= 4 is 34.7 Å². The second kappa shape index (κ2) is 11.1. The number of ketones is 2. The number of carbonyl (C=O) groups excluding carboxylic acids is 2. The molecule has 0 heterocycles. The number of hydrogen-bond donors (Lipinski definition) is 4. The summed E-state index contributed by atoms with van der Waals surface area (Å²) in [6.45, 7) is 4.10. The van der Waals surface area contributed by atoms with Crippen LogP contribution < -0.4 is 16.8 Å². The molecule has 0 aromatic rings. The number of carboxylic acid groups (broad SMARTS) is 1. The minimum Gasteiger partial charge on any atom is -0.480 e. The molecule has 0 radical (unpaired) electrons. The number of carboxylic acids is 1. The van der Waals surface area contributed by atoms with Crippen LogP contribution in [0.15, 0.2) is 0 Å². The number of nitrogens with one attached hydrogen (secondary N) is 1. The smallest absolute Gasteiger partial charge is 0.458 e. The van der Waals surface area contributed by atoms with Gasteiger partial charge in [0.05, 0.1) is 11.0 Å². The monoisotopic (exact) mass is 427 g/mol. The molecule has 0 fully saturated rings. The number of carbonyl (C=O) groups is 3. The van der Waals surface area contributed by atoms with E-state index < -0.39 is 42.0 Å². The summed E-state index contributed by atoms with van der Waals surface area (Å²) in [5, 5.41) is 11.7. The van der Waals surface area contributed by atoms with Crippen LogP contribution in [0.2, 0.25) is 0 Å². The van der Waals surface area contributed by atoms with Gasteiger partial charge in [-0.2, -0.15) is 26.3 Å². The number of hydrogen-bond acceptors (Lipinski definition) is 6. The first kappa shape index (κ1) is 27.4. The van der Waals surface area contributed by atoms with Gasteiger partial charge in [-0.1, -0.05) is 26.1 Å². The van der Waals surface area contributed by atoms with Crippen LogP contribution in [0.3, 0.4) is 0 Å². The molecule has 0 aliphatic rings. The third-order valence-corrected chi connectivity index (χ3v) is 3.05. The van der Waals surface area contributed by atoms with E-state index in [9.17, 15) is 40.7 Å². The summed E-state index contributed by atoms with van der Waals surface area (Å²) in [7, 11) is 0. The topological polar surface area (TPSA) is 136 Å². The third kappa shape index (κ3) is 11.5. The molecule has 6 N–H and O–H groups in total. The Balaban J connectivity index is 0. The molecule has 0 rings (SSSR count). The standard InChI is InChI=1S/C9H19N3O2S.C4F6O2/c1-5(2)3-7(9(13)14)12-8(15)6(11)4-10;5-3(6,7)1(11)2(12)4(8,9)10/h5-7H,3-4,10-11H2,1-2H3,(H,12,15)(H,13,14);/t6-,7-;/m0./s1. The normalized spacial score (nSPS) is 13.9. The molecule has 2 atom stereocenters. The van der Waals surface area contributed by atoms with E-state index in [2.05, 4.69) is 5.32 Å². The molecule has 158 valence electrons. The summed E-state index contributed by atoms with van der Waals surface area (Å²) in [4.78, 5) is 30.4. The van der Waals surface area contributed by atoms with Crippen molar-refractivity contribution < 1.29 is 45.8 Å². The van der Waals surface area contributed by atoms with Crippen LogP contribution in [-0.2, 0) is 14.4 Å². The fourth-order valence-corrected chi connectivity index (χ4v) is 1.57. The molecule has 0 saturated heterocycles. The Kier molecular flexibility index (Phi) is 11.3. The molecule has 0 bridgehead atoms. The molecule has 14 heteroatoms. The van der Waals surface area contributed by atoms with Gasteiger partial charge in [0.2, 0.25) is 0 Å². The molecule has 0 amide bonds. The molecule has 7 nitrogen and oxygen atoms in total. The highest BCUT2D eigenvalue weighted by atomic mass is 32.1. The molecule has 0 aliphatic heterocycles. The Morgan fingerprint density at radius 2 is 1.41 bits per heavy atom. The van der Waals surface area contributed by atoms with Crippen LogP contribution in [0.25, 0.3) is 0 Å². The maximum Gasteiger partial charge on any atom is 0.458 e. The van der Waals surface area contributed by atoms with E-state index >= 15 is 0 Å². The zero-order valence-electron chi connectivity index (χ0n) is 14.1. The Bertz CT molecular complexity index is 527. The number of Topliss-reactive ketones (excluding diaryl/α,β-unsaturated/α-hetero) is 2. The predicted octanol–water partition coefficient (Wildman–Crippen LogP) is 0.938. The first-order chi connectivity index (χ1) is 11.9. The molecule has 0 aromatic carbocycles. The molecular weight excluding hydrogens is 408 g/mol. The molecule has 0 saturated carbocycles. The fraction of sp³-hybridized carbons (Fsp3) is 0.692. The highest BCUT2D eigenvalue weighted by Gasteiger charge is 2.54. The zero-order chi connectivity index (χ0) is 22.2. The second-order valence-corrected chi connectivity index (χ2v) is 5.96. The molecule has 0 aliphatic carbocycles. The maximum atomic E-state index is 11.2. The summed E-state index contributed by atoms with van der Waals surface area (Å²) >= 11 is 4.94. The maximum absolute atomic E-state index is 11.2. The molecule has 0 spiro atoms. The van der Waals surface area contributed by atoms with Crippen LogP contribution in [0.4, 0.5) is 26.3 Å². The van der Waals surface area contributed by atoms with Crippen LogP contribution in [0.5, 0.6) is 0 Å². The quantitative estimate of drug-likeness (QED) is 0.268. The lowest BCUT2D eigenvalue weighted by Gasteiger charge is -2.20. The van der Waals surface area contributed by atoms with Gasteiger partial charge in [0.15, 0.2) is 0 Å². The van der Waals surface area contributed by atoms with Gasteiger partial charge >= 0.3 is 29.9 Å². The lowest BCUT2D eigenvalue weighted by Crippen LogP contribution is -2.50. The highest BCUT2D eigenvalue weighted by Crippen LogP contribution is 2.23. The van der Waals surface area contributed by atoms with Crippen molar-refractivity contribution in [1.82, 2.24) is 5.32 Å².